The van der Waals surface area contributed by atoms with Gasteiger partial charge in [-0.05, 0) is 24.3 Å². The number of alkyl halides is 3. The van der Waals surface area contributed by atoms with E-state index in [1.807, 2.05) is 0 Å². The van der Waals surface area contributed by atoms with Crippen LogP contribution in [0.25, 0.3) is 0 Å². The minimum Gasteiger partial charge on any atom is -0.326 e. The van der Waals surface area contributed by atoms with Crippen LogP contribution in [0.2, 0.25) is 0 Å². The summed E-state index contributed by atoms with van der Waals surface area (Å²) >= 11 is 0. The Hall–Kier alpha value is -3.08. The van der Waals surface area contributed by atoms with Crippen molar-refractivity contribution < 1.29 is 18.0 Å². The molecule has 1 amide bonds. The average molecular weight is 335 g/mol. The first kappa shape index (κ1) is 17.3. The number of benzene rings is 1. The fraction of sp³-hybridized carbons (Fsp3) is 0.188. The van der Waals surface area contributed by atoms with Crippen LogP contribution in [0.3, 0.4) is 0 Å². The first-order chi connectivity index (χ1) is 11.3. The zero-order valence-corrected chi connectivity index (χ0v) is 12.3. The highest BCUT2D eigenvalue weighted by Crippen LogP contribution is 2.33. The Morgan fingerprint density at radius 3 is 2.62 bits per heavy atom. The Kier molecular flexibility index (Phi) is 5.04. The second kappa shape index (κ2) is 7.00. The van der Waals surface area contributed by atoms with Crippen LogP contribution in [0.4, 0.5) is 18.9 Å². The van der Waals surface area contributed by atoms with Crippen molar-refractivity contribution in [2.45, 2.75) is 19.1 Å². The number of nitrogens with one attached hydrogen (secondary N) is 1. The van der Waals surface area contributed by atoms with E-state index < -0.39 is 23.2 Å². The number of rotatable bonds is 4. The first-order valence-electron chi connectivity index (χ1n) is 6.88. The fourth-order valence-electron chi connectivity index (χ4n) is 2.04. The molecule has 1 heterocycles. The van der Waals surface area contributed by atoms with Gasteiger partial charge < -0.3 is 9.88 Å². The van der Waals surface area contributed by atoms with Gasteiger partial charge in [0.1, 0.15) is 0 Å². The number of aromatic nitrogens is 1. The van der Waals surface area contributed by atoms with Gasteiger partial charge in [-0.2, -0.15) is 18.4 Å². The van der Waals surface area contributed by atoms with E-state index in [1.54, 1.807) is 12.1 Å². The molecular formula is C16H12F3N3O2. The summed E-state index contributed by atoms with van der Waals surface area (Å²) in [5.74, 6) is -0.538. The van der Waals surface area contributed by atoms with Crippen LogP contribution in [0.1, 0.15) is 17.5 Å². The zero-order chi connectivity index (χ0) is 17.7. The molecule has 0 saturated carbocycles. The third kappa shape index (κ3) is 4.23. The largest absolute Gasteiger partial charge is 0.417 e. The van der Waals surface area contributed by atoms with Crippen molar-refractivity contribution >= 4 is 11.6 Å². The average Bonchev–Trinajstić information content (AvgIpc) is 2.53. The number of anilines is 1. The number of carbonyl (C=O) groups excluding carboxylic acids is 1. The van der Waals surface area contributed by atoms with Gasteiger partial charge in [-0.3, -0.25) is 9.59 Å². The van der Waals surface area contributed by atoms with Crippen LogP contribution in [0.15, 0.2) is 47.4 Å². The quantitative estimate of drug-likeness (QED) is 0.933. The lowest BCUT2D eigenvalue weighted by Gasteiger charge is -2.12. The highest BCUT2D eigenvalue weighted by Gasteiger charge is 2.33. The van der Waals surface area contributed by atoms with Gasteiger partial charge in [0.25, 0.3) is 5.56 Å². The normalized spacial score (nSPS) is 10.9. The lowest BCUT2D eigenvalue weighted by atomic mass is 10.1. The topological polar surface area (TPSA) is 74.9 Å². The number of halogens is 3. The molecule has 8 heteroatoms. The molecule has 0 aliphatic heterocycles. The van der Waals surface area contributed by atoms with E-state index in [4.69, 9.17) is 5.26 Å². The Morgan fingerprint density at radius 1 is 1.25 bits per heavy atom. The Morgan fingerprint density at radius 2 is 2.00 bits per heavy atom. The van der Waals surface area contributed by atoms with Crippen molar-refractivity contribution in [3.63, 3.8) is 0 Å². The molecule has 1 N–H and O–H groups in total. The van der Waals surface area contributed by atoms with Crippen molar-refractivity contribution in [1.82, 2.24) is 4.57 Å². The van der Waals surface area contributed by atoms with Crippen LogP contribution >= 0.6 is 0 Å². The molecule has 124 valence electrons. The number of hydrogen-bond acceptors (Lipinski definition) is 3. The SMILES string of the molecule is N#Cc1ccc(NC(=O)CCn2ccccc2=O)cc1C(F)(F)F. The fourth-order valence-corrected chi connectivity index (χ4v) is 2.04. The third-order valence-electron chi connectivity index (χ3n) is 3.21. The molecule has 1 aromatic heterocycles. The zero-order valence-electron chi connectivity index (χ0n) is 12.3. The van der Waals surface area contributed by atoms with Crippen molar-refractivity contribution in [2.75, 3.05) is 5.32 Å². The molecule has 0 spiro atoms. The van der Waals surface area contributed by atoms with Crippen LogP contribution in [0, 0.1) is 11.3 Å². The molecule has 1 aromatic carbocycles. The van der Waals surface area contributed by atoms with E-state index in [-0.39, 0.29) is 24.2 Å². The monoisotopic (exact) mass is 335 g/mol. The second-order valence-corrected chi connectivity index (χ2v) is 4.90. The van der Waals surface area contributed by atoms with Gasteiger partial charge in [0.2, 0.25) is 5.91 Å². The van der Waals surface area contributed by atoms with Gasteiger partial charge in [-0.1, -0.05) is 6.07 Å². The van der Waals surface area contributed by atoms with Crippen LogP contribution in [-0.4, -0.2) is 10.5 Å². The summed E-state index contributed by atoms with van der Waals surface area (Å²) in [4.78, 5) is 23.3. The van der Waals surface area contributed by atoms with Crippen LogP contribution in [-0.2, 0) is 17.5 Å². The van der Waals surface area contributed by atoms with Gasteiger partial charge in [-0.25, -0.2) is 0 Å². The Labute approximate surface area is 135 Å². The maximum Gasteiger partial charge on any atom is 0.417 e. The van der Waals surface area contributed by atoms with Gasteiger partial charge >= 0.3 is 6.18 Å². The molecule has 0 saturated heterocycles. The molecule has 2 aromatic rings. The van der Waals surface area contributed by atoms with Crippen molar-refractivity contribution in [2.24, 2.45) is 0 Å². The highest BCUT2D eigenvalue weighted by atomic mass is 19.4. The van der Waals surface area contributed by atoms with Crippen LogP contribution < -0.4 is 10.9 Å². The summed E-state index contributed by atoms with van der Waals surface area (Å²) in [7, 11) is 0. The first-order valence-corrected chi connectivity index (χ1v) is 6.88. The van der Waals surface area contributed by atoms with Gasteiger partial charge in [-0.15, -0.1) is 0 Å². The van der Waals surface area contributed by atoms with Gasteiger partial charge in [0, 0.05) is 30.9 Å². The minimum atomic E-state index is -4.69. The molecule has 0 unspecified atom stereocenters. The summed E-state index contributed by atoms with van der Waals surface area (Å²) in [5, 5.41) is 11.1. The molecule has 0 aliphatic carbocycles. The molecule has 2 rings (SSSR count). The van der Waals surface area contributed by atoms with E-state index in [1.165, 1.54) is 29.0 Å². The third-order valence-corrected chi connectivity index (χ3v) is 3.21. The maximum atomic E-state index is 12.9. The lowest BCUT2D eigenvalue weighted by Crippen LogP contribution is -2.22. The standard InChI is InChI=1S/C16H12F3N3O2/c17-16(18,19)13-9-12(5-4-11(13)10-20)21-14(23)6-8-22-7-2-1-3-15(22)24/h1-5,7,9H,6,8H2,(H,21,23). The minimum absolute atomic E-state index is 0.0632. The summed E-state index contributed by atoms with van der Waals surface area (Å²) in [5.41, 5.74) is -1.96. The molecule has 0 fully saturated rings. The van der Waals surface area contributed by atoms with E-state index >= 15 is 0 Å². The number of amides is 1. The van der Waals surface area contributed by atoms with Crippen molar-refractivity contribution in [1.29, 1.82) is 5.26 Å². The summed E-state index contributed by atoms with van der Waals surface area (Å²) < 4.78 is 39.9. The molecule has 0 atom stereocenters. The number of pyridine rings is 1. The summed E-state index contributed by atoms with van der Waals surface area (Å²) in [6, 6.07) is 8.94. The summed E-state index contributed by atoms with van der Waals surface area (Å²) in [6.45, 7) is 0.105. The molecule has 5 nitrogen and oxygen atoms in total. The highest BCUT2D eigenvalue weighted by molar-refractivity contribution is 5.90. The molecule has 24 heavy (non-hydrogen) atoms. The predicted molar refractivity (Wildman–Crippen MR) is 80.1 cm³/mol. The van der Waals surface area contributed by atoms with E-state index in [2.05, 4.69) is 5.32 Å². The van der Waals surface area contributed by atoms with Crippen LogP contribution in [0.5, 0.6) is 0 Å². The van der Waals surface area contributed by atoms with Crippen molar-refractivity contribution in [3.8, 4) is 6.07 Å². The van der Waals surface area contributed by atoms with E-state index in [0.717, 1.165) is 6.07 Å². The van der Waals surface area contributed by atoms with E-state index in [9.17, 15) is 22.8 Å². The summed E-state index contributed by atoms with van der Waals surface area (Å²) in [6.07, 6.45) is -3.26. The number of nitriles is 1. The Bertz CT molecular complexity index is 851. The van der Waals surface area contributed by atoms with E-state index in [0.29, 0.717) is 6.07 Å². The van der Waals surface area contributed by atoms with Gasteiger partial charge in [0.15, 0.2) is 0 Å². The van der Waals surface area contributed by atoms with Crippen molar-refractivity contribution in [3.05, 3.63) is 64.1 Å². The molecular weight excluding hydrogens is 323 g/mol. The van der Waals surface area contributed by atoms with Gasteiger partial charge in [0.05, 0.1) is 17.2 Å². The number of carbonyl (C=O) groups is 1. The number of nitrogens with zero attached hydrogens (tertiary/aromatic N) is 2. The number of aryl methyl sites for hydroxylation is 1. The maximum absolute atomic E-state index is 12.9. The molecule has 0 aliphatic rings. The smallest absolute Gasteiger partial charge is 0.326 e. The predicted octanol–water partition coefficient (Wildman–Crippen LogP) is 2.77. The lowest BCUT2D eigenvalue weighted by molar-refractivity contribution is -0.137. The molecule has 0 radical (unpaired) electrons. The molecule has 0 bridgehead atoms. The Balaban J connectivity index is 2.08. The second-order valence-electron chi connectivity index (χ2n) is 4.90. The number of hydrogen-bond donors (Lipinski definition) is 1.